The zero-order valence-corrected chi connectivity index (χ0v) is 13.0. The lowest BCUT2D eigenvalue weighted by Gasteiger charge is -2.57. The van der Waals surface area contributed by atoms with E-state index in [9.17, 15) is 4.79 Å². The first-order valence-corrected chi connectivity index (χ1v) is 7.51. The van der Waals surface area contributed by atoms with Crippen LogP contribution >= 0.6 is 0 Å². The third-order valence-corrected chi connectivity index (χ3v) is 4.39. The molecule has 3 nitrogen and oxygen atoms in total. The van der Waals surface area contributed by atoms with Gasteiger partial charge in [-0.15, -0.1) is 0 Å². The van der Waals surface area contributed by atoms with Gasteiger partial charge in [0.2, 0.25) is 0 Å². The third kappa shape index (κ3) is 3.57. The molecule has 2 aliphatic rings. The van der Waals surface area contributed by atoms with Gasteiger partial charge in [-0.05, 0) is 44.9 Å². The van der Waals surface area contributed by atoms with Crippen LogP contribution in [0.5, 0.6) is 0 Å². The number of ether oxygens (including phenoxy) is 2. The lowest BCUT2D eigenvalue weighted by Crippen LogP contribution is -2.54. The second-order valence-corrected chi connectivity index (χ2v) is 7.73. The van der Waals surface area contributed by atoms with Crippen LogP contribution in [0.4, 0.5) is 0 Å². The van der Waals surface area contributed by atoms with Gasteiger partial charge in [0, 0.05) is 5.41 Å². The Bertz CT molecular complexity index is 326. The molecule has 0 aliphatic heterocycles. The molecule has 110 valence electrons. The maximum absolute atomic E-state index is 11.8. The molecule has 0 radical (unpaired) electrons. The highest BCUT2D eigenvalue weighted by Gasteiger charge is 2.54. The van der Waals surface area contributed by atoms with Gasteiger partial charge in [0.15, 0.2) is 5.78 Å². The SMILES string of the molecule is CC(C)OC1CC2(CC(OCC(=O)C(C)(C)C)C2)C1. The van der Waals surface area contributed by atoms with Crippen molar-refractivity contribution in [1.82, 2.24) is 0 Å². The maximum atomic E-state index is 11.8. The van der Waals surface area contributed by atoms with E-state index in [0.29, 0.717) is 23.7 Å². The fourth-order valence-electron chi connectivity index (χ4n) is 3.15. The van der Waals surface area contributed by atoms with Crippen LogP contribution in [0.3, 0.4) is 0 Å². The second-order valence-electron chi connectivity index (χ2n) is 7.73. The van der Waals surface area contributed by atoms with Crippen molar-refractivity contribution >= 4 is 5.78 Å². The Kier molecular flexibility index (Phi) is 4.08. The highest BCUT2D eigenvalue weighted by atomic mass is 16.5. The minimum absolute atomic E-state index is 0.197. The molecule has 2 rings (SSSR count). The van der Waals surface area contributed by atoms with Crippen molar-refractivity contribution in [1.29, 1.82) is 0 Å². The van der Waals surface area contributed by atoms with Crippen LogP contribution < -0.4 is 0 Å². The van der Waals surface area contributed by atoms with E-state index in [-0.39, 0.29) is 17.8 Å². The molecule has 0 saturated heterocycles. The number of hydrogen-bond donors (Lipinski definition) is 0. The van der Waals surface area contributed by atoms with E-state index in [1.165, 1.54) is 12.8 Å². The average Bonchev–Trinajstić information content (AvgIpc) is 2.15. The molecule has 2 aliphatic carbocycles. The first-order chi connectivity index (χ1) is 8.70. The number of carbonyl (C=O) groups is 1. The smallest absolute Gasteiger partial charge is 0.163 e. The van der Waals surface area contributed by atoms with Crippen molar-refractivity contribution in [3.63, 3.8) is 0 Å². The number of ketones is 1. The van der Waals surface area contributed by atoms with Gasteiger partial charge < -0.3 is 9.47 Å². The van der Waals surface area contributed by atoms with Crippen molar-refractivity contribution in [2.45, 2.75) is 78.6 Å². The molecular weight excluding hydrogens is 240 g/mol. The van der Waals surface area contributed by atoms with Crippen LogP contribution in [0.2, 0.25) is 0 Å². The predicted molar refractivity (Wildman–Crippen MR) is 75.1 cm³/mol. The van der Waals surface area contributed by atoms with Gasteiger partial charge in [-0.3, -0.25) is 4.79 Å². The third-order valence-electron chi connectivity index (χ3n) is 4.39. The Hall–Kier alpha value is -0.410. The highest BCUT2D eigenvalue weighted by Crippen LogP contribution is 2.57. The van der Waals surface area contributed by atoms with Crippen molar-refractivity contribution < 1.29 is 14.3 Å². The molecule has 3 heteroatoms. The Morgan fingerprint density at radius 2 is 1.68 bits per heavy atom. The molecule has 0 atom stereocenters. The lowest BCUT2D eigenvalue weighted by molar-refractivity contribution is -0.186. The summed E-state index contributed by atoms with van der Waals surface area (Å²) >= 11 is 0. The molecule has 0 aromatic rings. The summed E-state index contributed by atoms with van der Waals surface area (Å²) in [5.74, 6) is 0.197. The van der Waals surface area contributed by atoms with E-state index in [1.807, 2.05) is 20.8 Å². The Balaban J connectivity index is 1.62. The number of Topliss-reactive ketones (excluding diaryl/α,β-unsaturated/α-hetero) is 1. The van der Waals surface area contributed by atoms with Gasteiger partial charge >= 0.3 is 0 Å². The van der Waals surface area contributed by atoms with Gasteiger partial charge in [-0.2, -0.15) is 0 Å². The first kappa shape index (κ1) is 15.0. The number of carbonyl (C=O) groups excluding carboxylic acids is 1. The molecule has 0 unspecified atom stereocenters. The van der Waals surface area contributed by atoms with Crippen molar-refractivity contribution in [3.8, 4) is 0 Å². The number of rotatable bonds is 5. The summed E-state index contributed by atoms with van der Waals surface area (Å²) < 4.78 is 11.5. The van der Waals surface area contributed by atoms with Gasteiger partial charge in [0.05, 0.1) is 18.3 Å². The molecule has 19 heavy (non-hydrogen) atoms. The van der Waals surface area contributed by atoms with E-state index < -0.39 is 0 Å². The fourth-order valence-corrected chi connectivity index (χ4v) is 3.15. The van der Waals surface area contributed by atoms with Crippen molar-refractivity contribution in [2.75, 3.05) is 6.61 Å². The summed E-state index contributed by atoms with van der Waals surface area (Å²) in [4.78, 5) is 11.8. The zero-order valence-electron chi connectivity index (χ0n) is 13.0. The van der Waals surface area contributed by atoms with E-state index in [4.69, 9.17) is 9.47 Å². The summed E-state index contributed by atoms with van der Waals surface area (Å²) in [5, 5.41) is 0. The normalized spacial score (nSPS) is 34.2. The number of hydrogen-bond acceptors (Lipinski definition) is 3. The quantitative estimate of drug-likeness (QED) is 0.767. The minimum Gasteiger partial charge on any atom is -0.376 e. The average molecular weight is 268 g/mol. The van der Waals surface area contributed by atoms with Crippen LogP contribution in [0.15, 0.2) is 0 Å². The summed E-state index contributed by atoms with van der Waals surface area (Å²) in [5.41, 5.74) is 0.198. The largest absolute Gasteiger partial charge is 0.376 e. The predicted octanol–water partition coefficient (Wildman–Crippen LogP) is 3.35. The summed E-state index contributed by atoms with van der Waals surface area (Å²) in [6.07, 6.45) is 5.67. The van der Waals surface area contributed by atoms with Gasteiger partial charge in [-0.25, -0.2) is 0 Å². The molecule has 0 heterocycles. The van der Waals surface area contributed by atoms with E-state index in [0.717, 1.165) is 12.8 Å². The topological polar surface area (TPSA) is 35.5 Å². The van der Waals surface area contributed by atoms with E-state index >= 15 is 0 Å². The van der Waals surface area contributed by atoms with Gasteiger partial charge in [-0.1, -0.05) is 20.8 Å². The van der Waals surface area contributed by atoms with E-state index in [1.54, 1.807) is 0 Å². The summed E-state index contributed by atoms with van der Waals surface area (Å²) in [7, 11) is 0. The lowest BCUT2D eigenvalue weighted by atomic mass is 9.53. The molecule has 2 saturated carbocycles. The van der Waals surface area contributed by atoms with Crippen molar-refractivity contribution in [3.05, 3.63) is 0 Å². The van der Waals surface area contributed by atoms with Crippen LogP contribution in [0.25, 0.3) is 0 Å². The van der Waals surface area contributed by atoms with E-state index in [2.05, 4.69) is 13.8 Å². The van der Waals surface area contributed by atoms with Gasteiger partial charge in [0.25, 0.3) is 0 Å². The Morgan fingerprint density at radius 1 is 1.16 bits per heavy atom. The Morgan fingerprint density at radius 3 is 2.16 bits per heavy atom. The first-order valence-electron chi connectivity index (χ1n) is 7.51. The molecule has 1 spiro atoms. The Labute approximate surface area is 117 Å². The van der Waals surface area contributed by atoms with Gasteiger partial charge in [0.1, 0.15) is 6.61 Å². The monoisotopic (exact) mass is 268 g/mol. The van der Waals surface area contributed by atoms with Crippen molar-refractivity contribution in [2.24, 2.45) is 10.8 Å². The summed E-state index contributed by atoms with van der Waals surface area (Å²) in [6, 6.07) is 0. The fraction of sp³-hybridized carbons (Fsp3) is 0.938. The second kappa shape index (κ2) is 5.17. The molecule has 0 bridgehead atoms. The minimum atomic E-state index is -0.284. The zero-order chi connectivity index (χ0) is 14.3. The van der Waals surface area contributed by atoms with Crippen LogP contribution in [0.1, 0.15) is 60.3 Å². The standard InChI is InChI=1S/C16H28O3/c1-11(2)19-13-8-16(9-13)6-12(7-16)18-10-14(17)15(3,4)5/h11-13H,6-10H2,1-5H3. The summed E-state index contributed by atoms with van der Waals surface area (Å²) in [6.45, 7) is 10.3. The molecule has 0 aromatic carbocycles. The molecule has 2 fully saturated rings. The molecule has 0 N–H and O–H groups in total. The van der Waals surface area contributed by atoms with Crippen LogP contribution in [-0.2, 0) is 14.3 Å². The van der Waals surface area contributed by atoms with Crippen LogP contribution in [0, 0.1) is 10.8 Å². The highest BCUT2D eigenvalue weighted by molar-refractivity contribution is 5.84. The maximum Gasteiger partial charge on any atom is 0.163 e. The molecule has 0 amide bonds. The molecule has 0 aromatic heterocycles. The van der Waals surface area contributed by atoms with Crippen LogP contribution in [-0.4, -0.2) is 30.7 Å². The molecular formula is C16H28O3.